The summed E-state index contributed by atoms with van der Waals surface area (Å²) in [5.74, 6) is -2.42. The van der Waals surface area contributed by atoms with E-state index in [1.165, 1.54) is 9.80 Å². The van der Waals surface area contributed by atoms with Crippen LogP contribution in [0, 0.1) is 0 Å². The molecule has 2 aromatic rings. The standard InChI is InChI=1S/C26H39N3O6.C13H26N2O3.C13H15NO4/c1-2-3-12-20(23(31)25(33)27-19-13-7-8-15-22(19)30)28-24(32)21-14-9-16-29(21)26(34)35-17-18-10-5-4-6-11-18;1-2-3-6-9(14)12(17)13(18)15-10-7-4-5-8-11(10)16;15-12(16)11-7-4-8-14(11)13(17)18-9-10-5-2-1-3-6-10/h4-6,10-11,19-23,30-31H,2-3,7-9,12-17H2,1H3,(H,27,33)(H,28,32);9-12,16-17H,2-8,14H2,1H3,(H,15,18);1-3,5-6,11H,4,7-9H2,(H,15,16)/t19-,20-,21-,22-,23-;9-,10-,11-,12-;11-/m000/s1. The molecule has 0 bridgehead atoms. The number of unbranched alkanes of at least 4 members (excludes halogenated alkanes) is 2. The number of benzene rings is 2. The Hall–Kier alpha value is -5.34. The maximum Gasteiger partial charge on any atom is 0.410 e. The van der Waals surface area contributed by atoms with Crippen molar-refractivity contribution in [1.82, 2.24) is 25.8 Å². The normalized spacial score (nSPS) is 23.5. The van der Waals surface area contributed by atoms with E-state index in [0.717, 1.165) is 68.9 Å². The molecule has 71 heavy (non-hydrogen) atoms. The number of carboxylic acid groups (broad SMARTS) is 1. The molecule has 4 aliphatic rings. The summed E-state index contributed by atoms with van der Waals surface area (Å²) in [6.07, 6.45) is 8.59. The third kappa shape index (κ3) is 19.3. The Balaban J connectivity index is 0.000000255. The fraction of sp³-hybridized carbons (Fsp3) is 0.654. The molecule has 2 saturated carbocycles. The zero-order valence-corrected chi connectivity index (χ0v) is 41.6. The lowest BCUT2D eigenvalue weighted by molar-refractivity contribution is -0.141. The van der Waals surface area contributed by atoms with Crippen LogP contribution in [0.15, 0.2) is 60.7 Å². The summed E-state index contributed by atoms with van der Waals surface area (Å²) >= 11 is 0. The number of carbonyl (C=O) groups excluding carboxylic acids is 5. The summed E-state index contributed by atoms with van der Waals surface area (Å²) in [6, 6.07) is 15.2. The zero-order valence-electron chi connectivity index (χ0n) is 41.6. The first kappa shape index (κ1) is 58.2. The first-order valence-corrected chi connectivity index (χ1v) is 25.7. The van der Waals surface area contributed by atoms with Crippen LogP contribution in [0.5, 0.6) is 0 Å². The van der Waals surface area contributed by atoms with Gasteiger partial charge in [0.05, 0.1) is 30.3 Å². The second-order valence-electron chi connectivity index (χ2n) is 19.0. The van der Waals surface area contributed by atoms with E-state index in [9.17, 15) is 49.2 Å². The van der Waals surface area contributed by atoms with Crippen molar-refractivity contribution >= 4 is 35.9 Å². The molecule has 6 rings (SSSR count). The Bertz CT molecular complexity index is 1930. The number of rotatable bonds is 19. The Morgan fingerprint density at radius 1 is 0.620 bits per heavy atom. The van der Waals surface area contributed by atoms with Crippen molar-refractivity contribution < 1.29 is 63.8 Å². The lowest BCUT2D eigenvalue weighted by Gasteiger charge is -2.31. The smallest absolute Gasteiger partial charge is 0.410 e. The van der Waals surface area contributed by atoms with Gasteiger partial charge in [-0.15, -0.1) is 0 Å². The van der Waals surface area contributed by atoms with Crippen LogP contribution in [0.3, 0.4) is 0 Å². The number of amides is 5. The number of nitrogens with two attached hydrogens (primary N) is 1. The Morgan fingerprint density at radius 2 is 1.06 bits per heavy atom. The van der Waals surface area contributed by atoms with Gasteiger partial charge in [0, 0.05) is 19.1 Å². The maximum atomic E-state index is 13.1. The average molecular weight is 997 g/mol. The zero-order chi connectivity index (χ0) is 51.7. The lowest BCUT2D eigenvalue weighted by atomic mass is 9.92. The van der Waals surface area contributed by atoms with Gasteiger partial charge in [-0.2, -0.15) is 0 Å². The minimum atomic E-state index is -1.44. The Labute approximate surface area is 418 Å². The number of hydrogen-bond donors (Lipinski definition) is 9. The topological polar surface area (TPSA) is 291 Å². The van der Waals surface area contributed by atoms with E-state index in [2.05, 4.69) is 16.0 Å². The van der Waals surface area contributed by atoms with Gasteiger partial charge in [0.1, 0.15) is 31.4 Å². The van der Waals surface area contributed by atoms with Crippen molar-refractivity contribution in [3.63, 3.8) is 0 Å². The number of hydrogen-bond acceptors (Lipinski definition) is 13. The van der Waals surface area contributed by atoms with Gasteiger partial charge in [-0.1, -0.05) is 126 Å². The second kappa shape index (κ2) is 31.2. The molecule has 2 aliphatic heterocycles. The van der Waals surface area contributed by atoms with Crippen molar-refractivity contribution in [2.24, 2.45) is 5.73 Å². The Morgan fingerprint density at radius 3 is 1.52 bits per heavy atom. The number of ether oxygens (including phenoxy) is 2. The van der Waals surface area contributed by atoms with Crippen LogP contribution >= 0.6 is 0 Å². The number of nitrogens with zero attached hydrogens (tertiary/aromatic N) is 2. The van der Waals surface area contributed by atoms with E-state index < -0.39 is 90.5 Å². The van der Waals surface area contributed by atoms with Gasteiger partial charge in [0.2, 0.25) is 5.91 Å². The van der Waals surface area contributed by atoms with E-state index in [-0.39, 0.29) is 19.3 Å². The fourth-order valence-electron chi connectivity index (χ4n) is 9.19. The molecule has 396 valence electrons. The molecule has 5 amide bonds. The van der Waals surface area contributed by atoms with Crippen LogP contribution < -0.4 is 21.7 Å². The molecule has 0 radical (unpaired) electrons. The minimum Gasteiger partial charge on any atom is -0.480 e. The highest BCUT2D eigenvalue weighted by molar-refractivity contribution is 5.88. The van der Waals surface area contributed by atoms with Gasteiger partial charge in [0.15, 0.2) is 6.10 Å². The predicted molar refractivity (Wildman–Crippen MR) is 264 cm³/mol. The number of aliphatic carboxylic acids is 1. The summed E-state index contributed by atoms with van der Waals surface area (Å²) in [5.41, 5.74) is 7.52. The molecule has 0 spiro atoms. The molecule has 19 heteroatoms. The number of nitrogens with one attached hydrogen (secondary N) is 3. The summed E-state index contributed by atoms with van der Waals surface area (Å²) < 4.78 is 10.5. The molecule has 2 aromatic carbocycles. The van der Waals surface area contributed by atoms with Crippen LogP contribution in [0.4, 0.5) is 9.59 Å². The highest BCUT2D eigenvalue weighted by atomic mass is 16.6. The minimum absolute atomic E-state index is 0.121. The van der Waals surface area contributed by atoms with Crippen LogP contribution in [-0.2, 0) is 41.9 Å². The van der Waals surface area contributed by atoms with E-state index >= 15 is 0 Å². The SMILES string of the molecule is CCCC[C@H](N)[C@H](O)C(=O)N[C@H]1CCCC[C@@H]1O.CCCC[C@H](NC(=O)[C@@H]1CCCN1C(=O)OCc1ccccc1)[C@H](O)C(=O)N[C@H]1CCCC[C@@H]1O.O=C(O)[C@@H]1CCCN1C(=O)OCc1ccccc1. The van der Waals surface area contributed by atoms with Gasteiger partial charge in [-0.05, 0) is 75.3 Å². The summed E-state index contributed by atoms with van der Waals surface area (Å²) in [6.45, 7) is 5.18. The summed E-state index contributed by atoms with van der Waals surface area (Å²) in [7, 11) is 0. The van der Waals surface area contributed by atoms with Crippen LogP contribution in [-0.4, -0.2) is 145 Å². The van der Waals surface area contributed by atoms with Crippen LogP contribution in [0.25, 0.3) is 0 Å². The maximum absolute atomic E-state index is 13.1. The van der Waals surface area contributed by atoms with Crippen LogP contribution in [0.1, 0.15) is 141 Å². The first-order chi connectivity index (χ1) is 34.1. The number of carbonyl (C=O) groups is 6. The van der Waals surface area contributed by atoms with Gasteiger partial charge < -0.3 is 56.7 Å². The van der Waals surface area contributed by atoms with Crippen molar-refractivity contribution in [3.8, 4) is 0 Å². The highest BCUT2D eigenvalue weighted by Gasteiger charge is 2.39. The van der Waals surface area contributed by atoms with Crippen molar-refractivity contribution in [2.45, 2.75) is 203 Å². The van der Waals surface area contributed by atoms with E-state index in [4.69, 9.17) is 20.3 Å². The highest BCUT2D eigenvalue weighted by Crippen LogP contribution is 2.23. The molecule has 2 aliphatic carbocycles. The molecule has 0 aromatic heterocycles. The lowest BCUT2D eigenvalue weighted by Crippen LogP contribution is -2.57. The number of aliphatic hydroxyl groups is 4. The molecule has 19 nitrogen and oxygen atoms in total. The number of carboxylic acids is 1. The molecule has 2 saturated heterocycles. The van der Waals surface area contributed by atoms with E-state index in [1.807, 2.05) is 74.5 Å². The van der Waals surface area contributed by atoms with Gasteiger partial charge in [0.25, 0.3) is 11.8 Å². The largest absolute Gasteiger partial charge is 0.480 e. The average Bonchev–Trinajstić information content (AvgIpc) is 4.09. The summed E-state index contributed by atoms with van der Waals surface area (Å²) in [5, 5.41) is 57.7. The Kier molecular flexibility index (Phi) is 25.6. The molecule has 10 atom stereocenters. The molecule has 4 fully saturated rings. The van der Waals surface area contributed by atoms with Crippen molar-refractivity contribution in [1.29, 1.82) is 0 Å². The van der Waals surface area contributed by atoms with Crippen LogP contribution in [0.2, 0.25) is 0 Å². The number of aliphatic hydroxyl groups excluding tert-OH is 4. The summed E-state index contributed by atoms with van der Waals surface area (Å²) in [4.78, 5) is 75.8. The molecule has 2 heterocycles. The first-order valence-electron chi connectivity index (χ1n) is 25.7. The van der Waals surface area contributed by atoms with Gasteiger partial charge >= 0.3 is 18.2 Å². The van der Waals surface area contributed by atoms with E-state index in [1.54, 1.807) is 0 Å². The molecular weight excluding hydrogens is 917 g/mol. The predicted octanol–water partition coefficient (Wildman–Crippen LogP) is 4.40. The molecule has 10 N–H and O–H groups in total. The van der Waals surface area contributed by atoms with E-state index in [0.29, 0.717) is 70.9 Å². The molecule has 0 unspecified atom stereocenters. The van der Waals surface area contributed by atoms with Crippen molar-refractivity contribution in [3.05, 3.63) is 71.8 Å². The third-order valence-electron chi connectivity index (χ3n) is 13.5. The fourth-order valence-corrected chi connectivity index (χ4v) is 9.19. The van der Waals surface area contributed by atoms with Gasteiger partial charge in [-0.3, -0.25) is 24.2 Å². The second-order valence-corrected chi connectivity index (χ2v) is 19.0. The molecular formula is C52H80N6O13. The quantitative estimate of drug-likeness (QED) is 0.0944. The number of likely N-dealkylation sites (tertiary alicyclic amines) is 2. The monoisotopic (exact) mass is 997 g/mol. The third-order valence-corrected chi connectivity index (χ3v) is 13.5. The van der Waals surface area contributed by atoms with Gasteiger partial charge in [-0.25, -0.2) is 14.4 Å². The van der Waals surface area contributed by atoms with Crippen molar-refractivity contribution in [2.75, 3.05) is 13.1 Å².